The minimum Gasteiger partial charge on any atom is -0.335 e. The molecule has 0 bridgehead atoms. The van der Waals surface area contributed by atoms with Crippen LogP contribution in [0.4, 0.5) is 0 Å². The fourth-order valence-electron chi connectivity index (χ4n) is 3.43. The van der Waals surface area contributed by atoms with E-state index < -0.39 is 0 Å². The van der Waals surface area contributed by atoms with Gasteiger partial charge in [-0.15, -0.1) is 5.10 Å². The predicted octanol–water partition coefficient (Wildman–Crippen LogP) is 2.51. The monoisotopic (exact) mass is 333 g/mol. The topological polar surface area (TPSA) is 63.9 Å². The molecule has 1 fully saturated rings. The van der Waals surface area contributed by atoms with Crippen molar-refractivity contribution in [3.05, 3.63) is 72.1 Å². The molecule has 6 heteroatoms. The molecule has 1 amide bonds. The van der Waals surface area contributed by atoms with Crippen LogP contribution in [-0.4, -0.2) is 43.6 Å². The van der Waals surface area contributed by atoms with Crippen LogP contribution in [0.3, 0.4) is 0 Å². The molecule has 1 atom stereocenters. The number of benzene rings is 2. The van der Waals surface area contributed by atoms with Gasteiger partial charge in [0.1, 0.15) is 6.33 Å². The molecule has 6 nitrogen and oxygen atoms in total. The SMILES string of the molecule is O=C(c1cccc(-n2cnnn2)c1)N1CCCC1Cc1ccccc1. The van der Waals surface area contributed by atoms with E-state index in [1.165, 1.54) is 11.9 Å². The number of hydrogen-bond acceptors (Lipinski definition) is 4. The molecule has 0 N–H and O–H groups in total. The first-order valence-electron chi connectivity index (χ1n) is 8.49. The summed E-state index contributed by atoms with van der Waals surface area (Å²) in [5.41, 5.74) is 2.73. The Balaban J connectivity index is 1.54. The summed E-state index contributed by atoms with van der Waals surface area (Å²) in [5.74, 6) is 0.0772. The third-order valence-corrected chi connectivity index (χ3v) is 4.66. The lowest BCUT2D eigenvalue weighted by Gasteiger charge is -2.25. The molecule has 4 rings (SSSR count). The zero-order valence-electron chi connectivity index (χ0n) is 13.8. The summed E-state index contributed by atoms with van der Waals surface area (Å²) >= 11 is 0. The van der Waals surface area contributed by atoms with Crippen LogP contribution >= 0.6 is 0 Å². The lowest BCUT2D eigenvalue weighted by molar-refractivity contribution is 0.0736. The smallest absolute Gasteiger partial charge is 0.254 e. The third-order valence-electron chi connectivity index (χ3n) is 4.66. The Morgan fingerprint density at radius 2 is 2.00 bits per heavy atom. The number of aromatic nitrogens is 4. The van der Waals surface area contributed by atoms with Gasteiger partial charge < -0.3 is 4.90 Å². The average molecular weight is 333 g/mol. The Hall–Kier alpha value is -3.02. The van der Waals surface area contributed by atoms with Gasteiger partial charge in [0, 0.05) is 18.2 Å². The zero-order chi connectivity index (χ0) is 17.1. The van der Waals surface area contributed by atoms with Crippen LogP contribution < -0.4 is 0 Å². The molecule has 126 valence electrons. The molecule has 1 unspecified atom stereocenters. The van der Waals surface area contributed by atoms with Gasteiger partial charge in [-0.3, -0.25) is 4.79 Å². The van der Waals surface area contributed by atoms with Crippen LogP contribution in [-0.2, 0) is 6.42 Å². The fraction of sp³-hybridized carbons (Fsp3) is 0.263. The Kier molecular flexibility index (Phi) is 4.24. The first-order chi connectivity index (χ1) is 12.3. The largest absolute Gasteiger partial charge is 0.335 e. The highest BCUT2D eigenvalue weighted by molar-refractivity contribution is 5.95. The molecule has 0 saturated carbocycles. The normalized spacial score (nSPS) is 17.0. The van der Waals surface area contributed by atoms with E-state index >= 15 is 0 Å². The maximum atomic E-state index is 13.0. The molecular formula is C19H19N5O. The van der Waals surface area contributed by atoms with E-state index in [-0.39, 0.29) is 11.9 Å². The Bertz CT molecular complexity index is 847. The predicted molar refractivity (Wildman–Crippen MR) is 93.4 cm³/mol. The lowest BCUT2D eigenvalue weighted by atomic mass is 10.0. The van der Waals surface area contributed by atoms with E-state index in [0.717, 1.165) is 31.5 Å². The van der Waals surface area contributed by atoms with Crippen molar-refractivity contribution in [1.82, 2.24) is 25.1 Å². The fourth-order valence-corrected chi connectivity index (χ4v) is 3.43. The van der Waals surface area contributed by atoms with Crippen molar-refractivity contribution in [2.24, 2.45) is 0 Å². The maximum absolute atomic E-state index is 13.0. The van der Waals surface area contributed by atoms with Crippen molar-refractivity contribution in [1.29, 1.82) is 0 Å². The van der Waals surface area contributed by atoms with Crippen LogP contribution in [0.25, 0.3) is 5.69 Å². The average Bonchev–Trinajstić information content (AvgIpc) is 3.34. The molecule has 1 aliphatic rings. The molecule has 0 aliphatic carbocycles. The van der Waals surface area contributed by atoms with Gasteiger partial charge in [-0.25, -0.2) is 4.68 Å². The Labute approximate surface area is 146 Å². The van der Waals surface area contributed by atoms with E-state index in [1.54, 1.807) is 4.68 Å². The molecule has 1 aliphatic heterocycles. The highest BCUT2D eigenvalue weighted by Gasteiger charge is 2.29. The van der Waals surface area contributed by atoms with Gasteiger partial charge in [-0.05, 0) is 53.5 Å². The van der Waals surface area contributed by atoms with Gasteiger partial charge in [0.25, 0.3) is 5.91 Å². The Morgan fingerprint density at radius 3 is 2.80 bits per heavy atom. The molecule has 3 aromatic rings. The number of nitrogens with zero attached hydrogens (tertiary/aromatic N) is 5. The second-order valence-corrected chi connectivity index (χ2v) is 6.29. The summed E-state index contributed by atoms with van der Waals surface area (Å²) < 4.78 is 1.56. The minimum absolute atomic E-state index is 0.0772. The van der Waals surface area contributed by atoms with Crippen LogP contribution in [0.1, 0.15) is 28.8 Å². The zero-order valence-corrected chi connectivity index (χ0v) is 13.8. The molecule has 1 aromatic heterocycles. The summed E-state index contributed by atoms with van der Waals surface area (Å²) in [7, 11) is 0. The number of hydrogen-bond donors (Lipinski definition) is 0. The quantitative estimate of drug-likeness (QED) is 0.736. The summed E-state index contributed by atoms with van der Waals surface area (Å²) in [6.45, 7) is 0.811. The van der Waals surface area contributed by atoms with E-state index in [2.05, 4.69) is 27.7 Å². The molecule has 25 heavy (non-hydrogen) atoms. The van der Waals surface area contributed by atoms with Gasteiger partial charge in [-0.1, -0.05) is 36.4 Å². The van der Waals surface area contributed by atoms with Crippen molar-refractivity contribution in [3.63, 3.8) is 0 Å². The van der Waals surface area contributed by atoms with Crippen molar-refractivity contribution in [2.75, 3.05) is 6.54 Å². The number of carbonyl (C=O) groups excluding carboxylic acids is 1. The minimum atomic E-state index is 0.0772. The van der Waals surface area contributed by atoms with Gasteiger partial charge in [0.2, 0.25) is 0 Å². The molecule has 0 radical (unpaired) electrons. The maximum Gasteiger partial charge on any atom is 0.254 e. The van der Waals surface area contributed by atoms with Crippen LogP contribution in [0, 0.1) is 0 Å². The highest BCUT2D eigenvalue weighted by atomic mass is 16.2. The number of tetrazole rings is 1. The molecule has 2 heterocycles. The van der Waals surface area contributed by atoms with Gasteiger partial charge in [0.15, 0.2) is 0 Å². The first kappa shape index (κ1) is 15.5. The van der Waals surface area contributed by atoms with E-state index in [9.17, 15) is 4.79 Å². The molecule has 1 saturated heterocycles. The molecule has 0 spiro atoms. The van der Waals surface area contributed by atoms with Gasteiger partial charge in [0.05, 0.1) is 5.69 Å². The van der Waals surface area contributed by atoms with E-state index in [4.69, 9.17) is 0 Å². The standard InChI is InChI=1S/C19H19N5O/c25-19(16-8-4-9-18(13-16)24-14-20-21-22-24)23-11-5-10-17(23)12-15-6-2-1-3-7-15/h1-4,6-9,13-14,17H,5,10-12H2. The van der Waals surface area contributed by atoms with E-state index in [1.807, 2.05) is 47.4 Å². The summed E-state index contributed by atoms with van der Waals surface area (Å²) in [6.07, 6.45) is 4.53. The number of likely N-dealkylation sites (tertiary alicyclic amines) is 1. The summed E-state index contributed by atoms with van der Waals surface area (Å²) in [5, 5.41) is 11.2. The van der Waals surface area contributed by atoms with Gasteiger partial charge in [-0.2, -0.15) is 0 Å². The van der Waals surface area contributed by atoms with Crippen LogP contribution in [0.15, 0.2) is 60.9 Å². The second kappa shape index (κ2) is 6.84. The summed E-state index contributed by atoms with van der Waals surface area (Å²) in [6, 6.07) is 18.1. The number of rotatable bonds is 4. The van der Waals surface area contributed by atoms with Crippen LogP contribution in [0.2, 0.25) is 0 Å². The van der Waals surface area contributed by atoms with Crippen molar-refractivity contribution in [3.8, 4) is 5.69 Å². The second-order valence-electron chi connectivity index (χ2n) is 6.29. The van der Waals surface area contributed by atoms with E-state index in [0.29, 0.717) is 5.56 Å². The highest BCUT2D eigenvalue weighted by Crippen LogP contribution is 2.24. The van der Waals surface area contributed by atoms with Crippen molar-refractivity contribution in [2.45, 2.75) is 25.3 Å². The summed E-state index contributed by atoms with van der Waals surface area (Å²) in [4.78, 5) is 15.0. The van der Waals surface area contributed by atoms with Crippen molar-refractivity contribution < 1.29 is 4.79 Å². The third kappa shape index (κ3) is 3.28. The van der Waals surface area contributed by atoms with Crippen LogP contribution in [0.5, 0.6) is 0 Å². The van der Waals surface area contributed by atoms with Crippen molar-refractivity contribution >= 4 is 5.91 Å². The van der Waals surface area contributed by atoms with Gasteiger partial charge >= 0.3 is 0 Å². The number of amides is 1. The number of carbonyl (C=O) groups is 1. The molecule has 2 aromatic carbocycles. The lowest BCUT2D eigenvalue weighted by Crippen LogP contribution is -2.36. The first-order valence-corrected chi connectivity index (χ1v) is 8.49. The Morgan fingerprint density at radius 1 is 1.12 bits per heavy atom. The molecular weight excluding hydrogens is 314 g/mol.